The van der Waals surface area contributed by atoms with Gasteiger partial charge in [0.2, 0.25) is 5.60 Å². The SMILES string of the molecule is CCCCOC(=O)C1(C)CC(c2ccc(OC)cc2)(C2CCCC2)OO1. The molecule has 144 valence electrons. The summed E-state index contributed by atoms with van der Waals surface area (Å²) in [6, 6.07) is 7.92. The molecule has 0 aromatic heterocycles. The molecular weight excluding hydrogens is 332 g/mol. The van der Waals surface area contributed by atoms with E-state index in [4.69, 9.17) is 19.2 Å². The molecule has 0 radical (unpaired) electrons. The van der Waals surface area contributed by atoms with Crippen molar-refractivity contribution in [3.05, 3.63) is 29.8 Å². The highest BCUT2D eigenvalue weighted by Gasteiger charge is 2.58. The first-order valence-corrected chi connectivity index (χ1v) is 9.72. The predicted molar refractivity (Wildman–Crippen MR) is 97.7 cm³/mol. The number of esters is 1. The number of methoxy groups -OCH3 is 1. The Morgan fingerprint density at radius 3 is 2.50 bits per heavy atom. The van der Waals surface area contributed by atoms with Crippen molar-refractivity contribution >= 4 is 5.97 Å². The molecule has 3 rings (SSSR count). The summed E-state index contributed by atoms with van der Waals surface area (Å²) in [5.74, 6) is 0.802. The number of rotatable bonds is 7. The monoisotopic (exact) mass is 362 g/mol. The molecule has 26 heavy (non-hydrogen) atoms. The fourth-order valence-corrected chi connectivity index (χ4v) is 4.16. The van der Waals surface area contributed by atoms with Crippen LogP contribution in [0.25, 0.3) is 0 Å². The van der Waals surface area contributed by atoms with Crippen LogP contribution in [-0.2, 0) is 24.9 Å². The zero-order valence-corrected chi connectivity index (χ0v) is 16.1. The molecule has 1 aliphatic carbocycles. The number of carbonyl (C=O) groups is 1. The first-order chi connectivity index (χ1) is 12.5. The molecule has 1 saturated carbocycles. The molecule has 1 aromatic carbocycles. The van der Waals surface area contributed by atoms with Gasteiger partial charge in [0.15, 0.2) is 0 Å². The molecule has 2 atom stereocenters. The highest BCUT2D eigenvalue weighted by molar-refractivity contribution is 5.79. The minimum absolute atomic E-state index is 0.334. The third-order valence-corrected chi connectivity index (χ3v) is 5.73. The second-order valence-electron chi connectivity index (χ2n) is 7.66. The fraction of sp³-hybridized carbons (Fsp3) is 0.667. The van der Waals surface area contributed by atoms with E-state index < -0.39 is 11.2 Å². The van der Waals surface area contributed by atoms with Crippen molar-refractivity contribution in [1.82, 2.24) is 0 Å². The molecule has 2 aliphatic rings. The first-order valence-electron chi connectivity index (χ1n) is 9.72. The molecule has 1 aliphatic heterocycles. The van der Waals surface area contributed by atoms with Crippen LogP contribution < -0.4 is 4.74 Å². The van der Waals surface area contributed by atoms with Crippen LogP contribution in [0.1, 0.15) is 64.4 Å². The normalized spacial score (nSPS) is 29.0. The van der Waals surface area contributed by atoms with Gasteiger partial charge in [0.1, 0.15) is 11.4 Å². The van der Waals surface area contributed by atoms with Gasteiger partial charge in [-0.05, 0) is 49.8 Å². The molecule has 1 heterocycles. The predicted octanol–water partition coefficient (Wildman–Crippen LogP) is 4.53. The van der Waals surface area contributed by atoms with Crippen LogP contribution in [0.15, 0.2) is 24.3 Å². The van der Waals surface area contributed by atoms with E-state index >= 15 is 0 Å². The number of benzene rings is 1. The maximum Gasteiger partial charge on any atom is 0.341 e. The lowest BCUT2D eigenvalue weighted by molar-refractivity contribution is -0.356. The second-order valence-corrected chi connectivity index (χ2v) is 7.66. The van der Waals surface area contributed by atoms with Gasteiger partial charge in [-0.2, -0.15) is 0 Å². The molecule has 5 heteroatoms. The Morgan fingerprint density at radius 2 is 1.88 bits per heavy atom. The lowest BCUT2D eigenvalue weighted by Crippen LogP contribution is -2.40. The Bertz CT molecular complexity index is 607. The van der Waals surface area contributed by atoms with Crippen molar-refractivity contribution < 1.29 is 24.0 Å². The Hall–Kier alpha value is -1.59. The standard InChI is InChI=1S/C21H30O5/c1-4-5-14-24-19(22)20(2)15-21(26-25-20,16-8-6-7-9-16)17-10-12-18(23-3)13-11-17/h10-13,16H,4-9,14-15H2,1-3H3. The van der Waals surface area contributed by atoms with Gasteiger partial charge in [0.25, 0.3) is 0 Å². The molecule has 1 saturated heterocycles. The summed E-state index contributed by atoms with van der Waals surface area (Å²) in [5.41, 5.74) is -0.646. The maximum absolute atomic E-state index is 12.6. The van der Waals surface area contributed by atoms with Crippen LogP contribution in [-0.4, -0.2) is 25.3 Å². The Kier molecular flexibility index (Phi) is 5.88. The van der Waals surface area contributed by atoms with E-state index in [1.54, 1.807) is 14.0 Å². The lowest BCUT2D eigenvalue weighted by Gasteiger charge is -2.33. The van der Waals surface area contributed by atoms with Crippen molar-refractivity contribution in [2.75, 3.05) is 13.7 Å². The van der Waals surface area contributed by atoms with Crippen LogP contribution in [0.5, 0.6) is 5.75 Å². The molecule has 2 unspecified atom stereocenters. The van der Waals surface area contributed by atoms with E-state index in [0.717, 1.165) is 37.0 Å². The number of ether oxygens (including phenoxy) is 2. The summed E-state index contributed by atoms with van der Waals surface area (Å²) in [4.78, 5) is 24.3. The second kappa shape index (κ2) is 7.97. The van der Waals surface area contributed by atoms with Crippen molar-refractivity contribution in [2.45, 2.75) is 70.0 Å². The van der Waals surface area contributed by atoms with Crippen molar-refractivity contribution in [3.63, 3.8) is 0 Å². The van der Waals surface area contributed by atoms with Gasteiger partial charge in [-0.3, -0.25) is 0 Å². The molecular formula is C21H30O5. The average molecular weight is 362 g/mol. The highest BCUT2D eigenvalue weighted by Crippen LogP contribution is 2.53. The van der Waals surface area contributed by atoms with Crippen LogP contribution in [0.2, 0.25) is 0 Å². The summed E-state index contributed by atoms with van der Waals surface area (Å²) >= 11 is 0. The van der Waals surface area contributed by atoms with Crippen molar-refractivity contribution in [3.8, 4) is 5.75 Å². The van der Waals surface area contributed by atoms with Gasteiger partial charge in [0.05, 0.1) is 13.7 Å². The van der Waals surface area contributed by atoms with Gasteiger partial charge in [-0.25, -0.2) is 14.6 Å². The van der Waals surface area contributed by atoms with Crippen LogP contribution in [0.4, 0.5) is 0 Å². The summed E-state index contributed by atoms with van der Waals surface area (Å²) in [7, 11) is 1.65. The maximum atomic E-state index is 12.6. The number of hydrogen-bond donors (Lipinski definition) is 0. The highest BCUT2D eigenvalue weighted by atomic mass is 17.2. The number of unbranched alkanes of at least 4 members (excludes halogenated alkanes) is 1. The Morgan fingerprint density at radius 1 is 1.19 bits per heavy atom. The molecule has 1 aromatic rings. The molecule has 5 nitrogen and oxygen atoms in total. The smallest absolute Gasteiger partial charge is 0.341 e. The Labute approximate surface area is 155 Å². The minimum Gasteiger partial charge on any atom is -0.497 e. The lowest BCUT2D eigenvalue weighted by atomic mass is 9.74. The topological polar surface area (TPSA) is 54.0 Å². The van der Waals surface area contributed by atoms with Gasteiger partial charge < -0.3 is 9.47 Å². The van der Waals surface area contributed by atoms with Gasteiger partial charge >= 0.3 is 5.97 Å². The van der Waals surface area contributed by atoms with Crippen molar-refractivity contribution in [2.24, 2.45) is 5.92 Å². The molecule has 0 bridgehead atoms. The van der Waals surface area contributed by atoms with Gasteiger partial charge in [-0.1, -0.05) is 38.3 Å². The summed E-state index contributed by atoms with van der Waals surface area (Å²) in [6.07, 6.45) is 6.84. The zero-order chi connectivity index (χ0) is 18.6. The summed E-state index contributed by atoms with van der Waals surface area (Å²) < 4.78 is 10.7. The third-order valence-electron chi connectivity index (χ3n) is 5.73. The Balaban J connectivity index is 1.84. The van der Waals surface area contributed by atoms with E-state index in [-0.39, 0.29) is 5.97 Å². The van der Waals surface area contributed by atoms with Crippen LogP contribution >= 0.6 is 0 Å². The summed E-state index contributed by atoms with van der Waals surface area (Å²) in [6.45, 7) is 4.27. The first kappa shape index (κ1) is 19.2. The quantitative estimate of drug-likeness (QED) is 0.405. The van der Waals surface area contributed by atoms with Gasteiger partial charge in [0, 0.05) is 6.42 Å². The van der Waals surface area contributed by atoms with Crippen LogP contribution in [0, 0.1) is 5.92 Å². The minimum atomic E-state index is -1.07. The van der Waals surface area contributed by atoms with E-state index in [0.29, 0.717) is 18.9 Å². The molecule has 2 fully saturated rings. The third kappa shape index (κ3) is 3.60. The number of hydrogen-bond acceptors (Lipinski definition) is 5. The van der Waals surface area contributed by atoms with Gasteiger partial charge in [-0.15, -0.1) is 0 Å². The largest absolute Gasteiger partial charge is 0.497 e. The van der Waals surface area contributed by atoms with E-state index in [1.807, 2.05) is 24.3 Å². The molecule has 0 N–H and O–H groups in total. The van der Waals surface area contributed by atoms with E-state index in [2.05, 4.69) is 6.92 Å². The fourth-order valence-electron chi connectivity index (χ4n) is 4.16. The molecule has 0 amide bonds. The van der Waals surface area contributed by atoms with E-state index in [9.17, 15) is 4.79 Å². The number of carbonyl (C=O) groups excluding carboxylic acids is 1. The van der Waals surface area contributed by atoms with Crippen LogP contribution in [0.3, 0.4) is 0 Å². The molecule has 0 spiro atoms. The van der Waals surface area contributed by atoms with Crippen molar-refractivity contribution in [1.29, 1.82) is 0 Å². The zero-order valence-electron chi connectivity index (χ0n) is 16.1. The summed E-state index contributed by atoms with van der Waals surface area (Å²) in [5, 5.41) is 0. The van der Waals surface area contributed by atoms with E-state index in [1.165, 1.54) is 12.8 Å². The average Bonchev–Trinajstić information content (AvgIpc) is 3.31.